The number of hydrogen-bond donors (Lipinski definition) is 2. The fourth-order valence-electron chi connectivity index (χ4n) is 4.62. The third kappa shape index (κ3) is 5.15. The summed E-state index contributed by atoms with van der Waals surface area (Å²) >= 11 is 0. The molecule has 2 aliphatic rings. The Morgan fingerprint density at radius 2 is 1.89 bits per heavy atom. The van der Waals surface area contributed by atoms with Crippen LogP contribution in [0, 0.1) is 5.92 Å². The van der Waals surface area contributed by atoms with E-state index in [-0.39, 0.29) is 12.4 Å². The lowest BCUT2D eigenvalue weighted by Crippen LogP contribution is -2.40. The summed E-state index contributed by atoms with van der Waals surface area (Å²) in [4.78, 5) is 14.5. The number of fused-ring (bicyclic) bond motifs is 2. The number of carbonyl (C=O) groups excluding carboxylic acids is 1. The molecule has 2 N–H and O–H groups in total. The van der Waals surface area contributed by atoms with E-state index in [0.717, 1.165) is 36.3 Å². The Morgan fingerprint density at radius 3 is 2.61 bits per heavy atom. The summed E-state index contributed by atoms with van der Waals surface area (Å²) in [7, 11) is 1.94. The van der Waals surface area contributed by atoms with Gasteiger partial charge in [0.05, 0.1) is 5.69 Å². The monoisotopic (exact) mass is 402 g/mol. The quantitative estimate of drug-likeness (QED) is 0.740. The number of aryl methyl sites for hydroxylation is 1. The zero-order chi connectivity index (χ0) is 18.6. The highest BCUT2D eigenvalue weighted by molar-refractivity contribution is 5.85. The van der Waals surface area contributed by atoms with Gasteiger partial charge < -0.3 is 10.2 Å². The van der Waals surface area contributed by atoms with Crippen molar-refractivity contribution in [3.05, 3.63) is 42.1 Å². The van der Waals surface area contributed by atoms with Gasteiger partial charge in [0.1, 0.15) is 0 Å². The van der Waals surface area contributed by atoms with E-state index in [1.165, 1.54) is 25.7 Å². The van der Waals surface area contributed by atoms with Crippen molar-refractivity contribution in [1.29, 1.82) is 0 Å². The zero-order valence-corrected chi connectivity index (χ0v) is 17.4. The maximum Gasteiger partial charge on any atom is 0.222 e. The van der Waals surface area contributed by atoms with Gasteiger partial charge in [0.15, 0.2) is 0 Å². The Morgan fingerprint density at radius 1 is 1.18 bits per heavy atom. The second-order valence-electron chi connectivity index (χ2n) is 8.24. The van der Waals surface area contributed by atoms with Crippen LogP contribution in [0.4, 0.5) is 0 Å². The van der Waals surface area contributed by atoms with E-state index in [2.05, 4.69) is 33.7 Å². The Balaban J connectivity index is 0.00000225. The van der Waals surface area contributed by atoms with Gasteiger partial charge in [0.25, 0.3) is 0 Å². The number of amides is 1. The van der Waals surface area contributed by atoms with Gasteiger partial charge in [-0.3, -0.25) is 9.89 Å². The van der Waals surface area contributed by atoms with Crippen LogP contribution < -0.4 is 5.32 Å². The van der Waals surface area contributed by atoms with E-state index in [4.69, 9.17) is 0 Å². The van der Waals surface area contributed by atoms with Crippen LogP contribution in [0.5, 0.6) is 0 Å². The number of halogens is 1. The van der Waals surface area contributed by atoms with Crippen LogP contribution in [0.25, 0.3) is 11.3 Å². The van der Waals surface area contributed by atoms with Crippen molar-refractivity contribution in [3.8, 4) is 11.3 Å². The number of aromatic nitrogens is 2. The van der Waals surface area contributed by atoms with Crippen molar-refractivity contribution in [2.75, 3.05) is 13.6 Å². The first kappa shape index (κ1) is 20.9. The SMILES string of the molecule is CN(CCCc1cc(-c2ccccc2)n[nH]1)C(=O)CC1CC2CCC(C1)N2.Cl. The summed E-state index contributed by atoms with van der Waals surface area (Å²) in [6, 6.07) is 13.6. The molecule has 2 aromatic rings. The Bertz CT molecular complexity index is 751. The molecule has 4 rings (SSSR count). The van der Waals surface area contributed by atoms with Crippen LogP contribution in [0.3, 0.4) is 0 Å². The van der Waals surface area contributed by atoms with E-state index in [9.17, 15) is 4.79 Å². The van der Waals surface area contributed by atoms with Crippen LogP contribution in [-0.2, 0) is 11.2 Å². The molecule has 6 heteroatoms. The molecule has 0 radical (unpaired) electrons. The first-order valence-electron chi connectivity index (χ1n) is 10.3. The molecule has 0 aliphatic carbocycles. The van der Waals surface area contributed by atoms with Gasteiger partial charge in [0.2, 0.25) is 5.91 Å². The van der Waals surface area contributed by atoms with Crippen LogP contribution in [0.1, 0.15) is 44.2 Å². The summed E-state index contributed by atoms with van der Waals surface area (Å²) < 4.78 is 0. The average Bonchev–Trinajstić information content (AvgIpc) is 3.28. The molecule has 0 saturated carbocycles. The molecular weight excluding hydrogens is 372 g/mol. The van der Waals surface area contributed by atoms with Crippen molar-refractivity contribution in [2.24, 2.45) is 5.92 Å². The van der Waals surface area contributed by atoms with E-state index in [0.29, 0.717) is 30.3 Å². The second-order valence-corrected chi connectivity index (χ2v) is 8.24. The molecule has 5 nitrogen and oxygen atoms in total. The minimum Gasteiger partial charge on any atom is -0.346 e. The highest BCUT2D eigenvalue weighted by atomic mass is 35.5. The number of hydrogen-bond acceptors (Lipinski definition) is 3. The van der Waals surface area contributed by atoms with Gasteiger partial charge in [-0.1, -0.05) is 30.3 Å². The van der Waals surface area contributed by atoms with Gasteiger partial charge in [-0.2, -0.15) is 5.10 Å². The Hall–Kier alpha value is -1.85. The van der Waals surface area contributed by atoms with Gasteiger partial charge >= 0.3 is 0 Å². The summed E-state index contributed by atoms with van der Waals surface area (Å²) in [6.07, 6.45) is 7.51. The van der Waals surface area contributed by atoms with Gasteiger partial charge in [0, 0.05) is 43.4 Å². The van der Waals surface area contributed by atoms with Gasteiger partial charge in [-0.15, -0.1) is 12.4 Å². The van der Waals surface area contributed by atoms with Crippen LogP contribution in [0.2, 0.25) is 0 Å². The van der Waals surface area contributed by atoms with Crippen molar-refractivity contribution in [3.63, 3.8) is 0 Å². The Labute approximate surface area is 173 Å². The van der Waals surface area contributed by atoms with E-state index in [1.807, 2.05) is 30.1 Å². The first-order chi connectivity index (χ1) is 13.2. The standard InChI is InChI=1S/C22H30N4O.ClH/c1-26(22(27)14-16-12-18-9-10-19(13-16)23-18)11-5-8-20-15-21(25-24-20)17-6-3-2-4-7-17;/h2-4,6-7,15-16,18-19,23H,5,8-14H2,1H3,(H,24,25);1H. The summed E-state index contributed by atoms with van der Waals surface area (Å²) in [5, 5.41) is 11.2. The minimum atomic E-state index is 0. The number of benzene rings is 1. The number of rotatable bonds is 7. The minimum absolute atomic E-state index is 0. The number of nitrogens with one attached hydrogen (secondary N) is 2. The number of carbonyl (C=O) groups is 1. The number of nitrogens with zero attached hydrogens (tertiary/aromatic N) is 2. The highest BCUT2D eigenvalue weighted by Crippen LogP contribution is 2.32. The molecule has 2 fully saturated rings. The molecule has 2 saturated heterocycles. The largest absolute Gasteiger partial charge is 0.346 e. The highest BCUT2D eigenvalue weighted by Gasteiger charge is 2.34. The second kappa shape index (κ2) is 9.57. The molecular formula is C22H31ClN4O. The molecule has 1 aromatic heterocycles. The predicted molar refractivity (Wildman–Crippen MR) is 115 cm³/mol. The maximum absolute atomic E-state index is 12.6. The number of aromatic amines is 1. The lowest BCUT2D eigenvalue weighted by molar-refractivity contribution is -0.131. The summed E-state index contributed by atoms with van der Waals surface area (Å²) in [6.45, 7) is 0.802. The maximum atomic E-state index is 12.6. The predicted octanol–water partition coefficient (Wildman–Crippen LogP) is 3.81. The molecule has 1 amide bonds. The van der Waals surface area contributed by atoms with Gasteiger partial charge in [-0.05, 0) is 50.5 Å². The number of piperidine rings is 1. The molecule has 1 aromatic carbocycles. The Kier molecular flexibility index (Phi) is 7.13. The van der Waals surface area contributed by atoms with E-state index >= 15 is 0 Å². The third-order valence-corrected chi connectivity index (χ3v) is 6.10. The van der Waals surface area contributed by atoms with Gasteiger partial charge in [-0.25, -0.2) is 0 Å². The topological polar surface area (TPSA) is 61.0 Å². The molecule has 2 atom stereocenters. The molecule has 3 heterocycles. The third-order valence-electron chi connectivity index (χ3n) is 6.10. The van der Waals surface area contributed by atoms with Crippen molar-refractivity contribution >= 4 is 18.3 Å². The molecule has 0 spiro atoms. The molecule has 28 heavy (non-hydrogen) atoms. The molecule has 2 unspecified atom stereocenters. The molecule has 2 bridgehead atoms. The lowest BCUT2D eigenvalue weighted by atomic mass is 9.89. The normalized spacial score (nSPS) is 23.2. The lowest BCUT2D eigenvalue weighted by Gasteiger charge is -2.30. The van der Waals surface area contributed by atoms with Crippen molar-refractivity contribution in [2.45, 2.75) is 57.0 Å². The zero-order valence-electron chi connectivity index (χ0n) is 16.6. The smallest absolute Gasteiger partial charge is 0.222 e. The van der Waals surface area contributed by atoms with Crippen LogP contribution in [0.15, 0.2) is 36.4 Å². The number of H-pyrrole nitrogens is 1. The summed E-state index contributed by atoms with van der Waals surface area (Å²) in [5.41, 5.74) is 3.24. The van der Waals surface area contributed by atoms with Crippen molar-refractivity contribution in [1.82, 2.24) is 20.4 Å². The average molecular weight is 403 g/mol. The first-order valence-corrected chi connectivity index (χ1v) is 10.3. The fourth-order valence-corrected chi connectivity index (χ4v) is 4.62. The fraction of sp³-hybridized carbons (Fsp3) is 0.545. The molecule has 152 valence electrons. The van der Waals surface area contributed by atoms with Crippen molar-refractivity contribution < 1.29 is 4.79 Å². The van der Waals surface area contributed by atoms with E-state index in [1.54, 1.807) is 0 Å². The van der Waals surface area contributed by atoms with Crippen LogP contribution in [-0.4, -0.2) is 46.7 Å². The molecule has 2 aliphatic heterocycles. The van der Waals surface area contributed by atoms with E-state index < -0.39 is 0 Å². The summed E-state index contributed by atoms with van der Waals surface area (Å²) in [5.74, 6) is 0.871. The van der Waals surface area contributed by atoms with Crippen LogP contribution >= 0.6 is 12.4 Å².